The van der Waals surface area contributed by atoms with Crippen LogP contribution >= 0.6 is 11.3 Å². The molecular formula is C16H13NO3S. The molecular weight excluding hydrogens is 286 g/mol. The quantitative estimate of drug-likeness (QED) is 0.751. The van der Waals surface area contributed by atoms with Gasteiger partial charge in [0.2, 0.25) is 5.91 Å². The van der Waals surface area contributed by atoms with Crippen LogP contribution in [0.5, 0.6) is 0 Å². The number of fused-ring (bicyclic) bond motifs is 1. The maximum atomic E-state index is 11.9. The second kappa shape index (κ2) is 5.93. The zero-order valence-corrected chi connectivity index (χ0v) is 12.0. The van der Waals surface area contributed by atoms with Gasteiger partial charge in [0.25, 0.3) is 0 Å². The zero-order valence-electron chi connectivity index (χ0n) is 11.2. The number of carbonyl (C=O) groups is 1. The van der Waals surface area contributed by atoms with Crippen LogP contribution in [0.15, 0.2) is 56.4 Å². The number of benzene rings is 1. The molecule has 1 amide bonds. The molecule has 0 saturated heterocycles. The van der Waals surface area contributed by atoms with Crippen LogP contribution < -0.4 is 10.9 Å². The van der Waals surface area contributed by atoms with E-state index in [1.807, 2.05) is 16.8 Å². The summed E-state index contributed by atoms with van der Waals surface area (Å²) in [5, 5.41) is 7.69. The third-order valence-corrected chi connectivity index (χ3v) is 3.86. The van der Waals surface area contributed by atoms with Crippen molar-refractivity contribution in [2.75, 3.05) is 5.32 Å². The smallest absolute Gasteiger partial charge is 0.336 e. The predicted molar refractivity (Wildman–Crippen MR) is 83.8 cm³/mol. The molecule has 2 aromatic heterocycles. The van der Waals surface area contributed by atoms with Crippen LogP contribution in [-0.2, 0) is 11.2 Å². The minimum atomic E-state index is -0.380. The molecule has 0 fully saturated rings. The fraction of sp³-hybridized carbons (Fsp3) is 0.125. The normalized spacial score (nSPS) is 10.7. The molecule has 0 spiro atoms. The van der Waals surface area contributed by atoms with Gasteiger partial charge in [0, 0.05) is 23.6 Å². The van der Waals surface area contributed by atoms with E-state index in [0.29, 0.717) is 17.7 Å². The molecule has 0 aliphatic carbocycles. The van der Waals surface area contributed by atoms with Crippen molar-refractivity contribution in [2.45, 2.75) is 12.8 Å². The number of hydrogen-bond acceptors (Lipinski definition) is 4. The molecule has 2 heterocycles. The molecule has 4 nitrogen and oxygen atoms in total. The average Bonchev–Trinajstić information content (AvgIpc) is 2.99. The van der Waals surface area contributed by atoms with Crippen LogP contribution in [-0.4, -0.2) is 5.91 Å². The number of aryl methyl sites for hydroxylation is 1. The highest BCUT2D eigenvalue weighted by Crippen LogP contribution is 2.18. The molecule has 0 bridgehead atoms. The van der Waals surface area contributed by atoms with Gasteiger partial charge in [-0.15, -0.1) is 0 Å². The van der Waals surface area contributed by atoms with Crippen molar-refractivity contribution >= 4 is 33.9 Å². The van der Waals surface area contributed by atoms with Gasteiger partial charge in [-0.1, -0.05) is 0 Å². The van der Waals surface area contributed by atoms with Gasteiger partial charge in [-0.25, -0.2) is 4.79 Å². The van der Waals surface area contributed by atoms with Crippen LogP contribution in [0.4, 0.5) is 5.69 Å². The first kappa shape index (κ1) is 13.6. The number of anilines is 1. The van der Waals surface area contributed by atoms with Gasteiger partial charge in [-0.3, -0.25) is 4.79 Å². The summed E-state index contributed by atoms with van der Waals surface area (Å²) in [6.45, 7) is 0. The Kier molecular flexibility index (Phi) is 3.83. The first-order valence-corrected chi connectivity index (χ1v) is 7.50. The number of nitrogens with one attached hydrogen (secondary N) is 1. The first-order chi connectivity index (χ1) is 10.2. The van der Waals surface area contributed by atoms with E-state index in [2.05, 4.69) is 5.32 Å². The lowest BCUT2D eigenvalue weighted by Gasteiger charge is -2.05. The molecule has 3 rings (SSSR count). The number of rotatable bonds is 4. The van der Waals surface area contributed by atoms with E-state index >= 15 is 0 Å². The lowest BCUT2D eigenvalue weighted by atomic mass is 10.1. The van der Waals surface area contributed by atoms with Crippen molar-refractivity contribution in [1.82, 2.24) is 0 Å². The highest BCUT2D eigenvalue weighted by atomic mass is 32.1. The molecule has 0 atom stereocenters. The van der Waals surface area contributed by atoms with Crippen LogP contribution in [0.1, 0.15) is 12.0 Å². The van der Waals surface area contributed by atoms with E-state index in [1.165, 1.54) is 11.6 Å². The van der Waals surface area contributed by atoms with Crippen molar-refractivity contribution < 1.29 is 9.21 Å². The highest BCUT2D eigenvalue weighted by molar-refractivity contribution is 7.07. The zero-order chi connectivity index (χ0) is 14.7. The van der Waals surface area contributed by atoms with Gasteiger partial charge in [0.05, 0.1) is 0 Å². The summed E-state index contributed by atoms with van der Waals surface area (Å²) in [5.74, 6) is -0.0297. The van der Waals surface area contributed by atoms with Crippen molar-refractivity contribution in [3.8, 4) is 0 Å². The van der Waals surface area contributed by atoms with E-state index in [1.54, 1.807) is 35.6 Å². The fourth-order valence-electron chi connectivity index (χ4n) is 2.07. The van der Waals surface area contributed by atoms with Crippen molar-refractivity contribution in [3.05, 3.63) is 63.1 Å². The predicted octanol–water partition coefficient (Wildman–Crippen LogP) is 3.43. The molecule has 0 aliphatic heterocycles. The lowest BCUT2D eigenvalue weighted by Crippen LogP contribution is -2.12. The SMILES string of the molecule is O=C(CCc1ccsc1)Nc1ccc2oc(=O)ccc2c1. The number of amides is 1. The van der Waals surface area contributed by atoms with Crippen LogP contribution in [0.25, 0.3) is 11.0 Å². The van der Waals surface area contributed by atoms with E-state index in [9.17, 15) is 9.59 Å². The second-order valence-electron chi connectivity index (χ2n) is 4.69. The Morgan fingerprint density at radius 2 is 2.10 bits per heavy atom. The minimum Gasteiger partial charge on any atom is -0.423 e. The van der Waals surface area contributed by atoms with Gasteiger partial charge in [-0.05, 0) is 53.1 Å². The molecule has 106 valence electrons. The minimum absolute atomic E-state index is 0.0297. The van der Waals surface area contributed by atoms with Crippen molar-refractivity contribution in [1.29, 1.82) is 0 Å². The summed E-state index contributed by atoms with van der Waals surface area (Å²) in [6, 6.07) is 10.3. The summed E-state index contributed by atoms with van der Waals surface area (Å²) < 4.78 is 5.05. The Hall–Kier alpha value is -2.40. The summed E-state index contributed by atoms with van der Waals surface area (Å²) in [4.78, 5) is 23.0. The fourth-order valence-corrected chi connectivity index (χ4v) is 2.77. The second-order valence-corrected chi connectivity index (χ2v) is 5.47. The van der Waals surface area contributed by atoms with Crippen molar-refractivity contribution in [2.24, 2.45) is 0 Å². The lowest BCUT2D eigenvalue weighted by molar-refractivity contribution is -0.116. The van der Waals surface area contributed by atoms with Crippen LogP contribution in [0, 0.1) is 0 Å². The molecule has 0 aliphatic rings. The van der Waals surface area contributed by atoms with Crippen molar-refractivity contribution in [3.63, 3.8) is 0 Å². The van der Waals surface area contributed by atoms with E-state index < -0.39 is 0 Å². The summed E-state index contributed by atoms with van der Waals surface area (Å²) in [6.07, 6.45) is 1.18. The van der Waals surface area contributed by atoms with Gasteiger partial charge < -0.3 is 9.73 Å². The average molecular weight is 299 g/mol. The number of thiophene rings is 1. The largest absolute Gasteiger partial charge is 0.423 e. The van der Waals surface area contributed by atoms with Gasteiger partial charge in [0.1, 0.15) is 5.58 Å². The van der Waals surface area contributed by atoms with Gasteiger partial charge >= 0.3 is 5.63 Å². The Labute approximate surface area is 125 Å². The molecule has 0 unspecified atom stereocenters. The Morgan fingerprint density at radius 1 is 1.19 bits per heavy atom. The van der Waals surface area contributed by atoms with E-state index in [4.69, 9.17) is 4.42 Å². The first-order valence-electron chi connectivity index (χ1n) is 6.55. The Morgan fingerprint density at radius 3 is 2.90 bits per heavy atom. The molecule has 0 radical (unpaired) electrons. The standard InChI is InChI=1S/C16H13NO3S/c18-15(5-1-11-7-8-21-10-11)17-13-3-4-14-12(9-13)2-6-16(19)20-14/h2-4,6-10H,1,5H2,(H,17,18). The number of carbonyl (C=O) groups excluding carboxylic acids is 1. The maximum absolute atomic E-state index is 11.9. The molecule has 0 saturated carbocycles. The maximum Gasteiger partial charge on any atom is 0.336 e. The van der Waals surface area contributed by atoms with Crippen LogP contribution in [0.3, 0.4) is 0 Å². The monoisotopic (exact) mass is 299 g/mol. The van der Waals surface area contributed by atoms with Gasteiger partial charge in [0.15, 0.2) is 0 Å². The topological polar surface area (TPSA) is 59.3 Å². The molecule has 1 aromatic carbocycles. The van der Waals surface area contributed by atoms with Gasteiger partial charge in [-0.2, -0.15) is 11.3 Å². The Balaban J connectivity index is 1.68. The number of hydrogen-bond donors (Lipinski definition) is 1. The third-order valence-electron chi connectivity index (χ3n) is 3.12. The molecule has 21 heavy (non-hydrogen) atoms. The highest BCUT2D eigenvalue weighted by Gasteiger charge is 2.05. The summed E-state index contributed by atoms with van der Waals surface area (Å²) >= 11 is 1.63. The van der Waals surface area contributed by atoms with E-state index in [-0.39, 0.29) is 11.5 Å². The molecule has 1 N–H and O–H groups in total. The molecule has 5 heteroatoms. The summed E-state index contributed by atoms with van der Waals surface area (Å²) in [7, 11) is 0. The third kappa shape index (κ3) is 3.38. The van der Waals surface area contributed by atoms with E-state index in [0.717, 1.165) is 11.8 Å². The summed E-state index contributed by atoms with van der Waals surface area (Å²) in [5.41, 5.74) is 2.01. The molecule has 3 aromatic rings. The van der Waals surface area contributed by atoms with Crippen LogP contribution in [0.2, 0.25) is 0 Å². The Bertz CT molecular complexity index is 821.